The molecular weight excluding hydrogens is 268 g/mol. The van der Waals surface area contributed by atoms with E-state index in [0.29, 0.717) is 24.1 Å². The van der Waals surface area contributed by atoms with Crippen molar-refractivity contribution in [2.45, 2.75) is 38.3 Å². The molecular formula is C16H24N2O3. The van der Waals surface area contributed by atoms with E-state index in [1.54, 1.807) is 7.11 Å². The molecule has 0 aliphatic heterocycles. The summed E-state index contributed by atoms with van der Waals surface area (Å²) in [5.41, 5.74) is 0.977. The SMILES string of the molecule is CNCc1cccc(OC)c1OCC(=O)NC1CCCC1. The first-order chi connectivity index (χ1) is 10.2. The van der Waals surface area contributed by atoms with Crippen molar-refractivity contribution in [3.05, 3.63) is 23.8 Å². The van der Waals surface area contributed by atoms with Crippen molar-refractivity contribution in [1.82, 2.24) is 10.6 Å². The molecule has 2 N–H and O–H groups in total. The molecule has 5 nitrogen and oxygen atoms in total. The van der Waals surface area contributed by atoms with Crippen molar-refractivity contribution in [3.8, 4) is 11.5 Å². The molecule has 0 heterocycles. The molecule has 1 amide bonds. The van der Waals surface area contributed by atoms with E-state index in [1.807, 2.05) is 25.2 Å². The average molecular weight is 292 g/mol. The lowest BCUT2D eigenvalue weighted by atomic mass is 10.2. The van der Waals surface area contributed by atoms with Crippen LogP contribution in [-0.2, 0) is 11.3 Å². The van der Waals surface area contributed by atoms with Gasteiger partial charge in [0.05, 0.1) is 7.11 Å². The minimum atomic E-state index is -0.0665. The highest BCUT2D eigenvalue weighted by Crippen LogP contribution is 2.31. The summed E-state index contributed by atoms with van der Waals surface area (Å²) in [5.74, 6) is 1.22. The predicted molar refractivity (Wildman–Crippen MR) is 81.7 cm³/mol. The third kappa shape index (κ3) is 4.36. The van der Waals surface area contributed by atoms with Crippen molar-refractivity contribution in [2.75, 3.05) is 20.8 Å². The molecule has 0 saturated heterocycles. The van der Waals surface area contributed by atoms with E-state index in [1.165, 1.54) is 12.8 Å². The molecule has 0 unspecified atom stereocenters. The average Bonchev–Trinajstić information content (AvgIpc) is 2.98. The van der Waals surface area contributed by atoms with Gasteiger partial charge in [-0.2, -0.15) is 0 Å². The van der Waals surface area contributed by atoms with Gasteiger partial charge >= 0.3 is 0 Å². The van der Waals surface area contributed by atoms with Crippen LogP contribution >= 0.6 is 0 Å². The Bertz CT molecular complexity index is 471. The van der Waals surface area contributed by atoms with Gasteiger partial charge in [-0.15, -0.1) is 0 Å². The molecule has 116 valence electrons. The van der Waals surface area contributed by atoms with Crippen molar-refractivity contribution in [2.24, 2.45) is 0 Å². The van der Waals surface area contributed by atoms with Gasteiger partial charge in [0.15, 0.2) is 18.1 Å². The first-order valence-corrected chi connectivity index (χ1v) is 7.47. The molecule has 1 aliphatic carbocycles. The van der Waals surface area contributed by atoms with E-state index in [9.17, 15) is 4.79 Å². The third-order valence-electron chi connectivity index (χ3n) is 3.72. The van der Waals surface area contributed by atoms with E-state index >= 15 is 0 Å². The first kappa shape index (κ1) is 15.6. The van der Waals surface area contributed by atoms with Gasteiger partial charge in [0.25, 0.3) is 5.91 Å². The van der Waals surface area contributed by atoms with Crippen LogP contribution < -0.4 is 20.1 Å². The van der Waals surface area contributed by atoms with Crippen LogP contribution in [-0.4, -0.2) is 32.7 Å². The van der Waals surface area contributed by atoms with Gasteiger partial charge in [-0.05, 0) is 26.0 Å². The molecule has 2 rings (SSSR count). The van der Waals surface area contributed by atoms with Gasteiger partial charge in [0.2, 0.25) is 0 Å². The van der Waals surface area contributed by atoms with E-state index < -0.39 is 0 Å². The molecule has 1 aromatic rings. The minimum Gasteiger partial charge on any atom is -0.493 e. The fourth-order valence-electron chi connectivity index (χ4n) is 2.69. The van der Waals surface area contributed by atoms with Gasteiger partial charge in [-0.25, -0.2) is 0 Å². The summed E-state index contributed by atoms with van der Waals surface area (Å²) in [7, 11) is 3.47. The van der Waals surface area contributed by atoms with Gasteiger partial charge in [0, 0.05) is 18.2 Å². The van der Waals surface area contributed by atoms with E-state index in [-0.39, 0.29) is 12.5 Å². The summed E-state index contributed by atoms with van der Waals surface area (Å²) >= 11 is 0. The predicted octanol–water partition coefficient (Wildman–Crippen LogP) is 1.85. The molecule has 0 spiro atoms. The lowest BCUT2D eigenvalue weighted by Gasteiger charge is -2.16. The van der Waals surface area contributed by atoms with Gasteiger partial charge in [-0.1, -0.05) is 25.0 Å². The van der Waals surface area contributed by atoms with Crippen LogP contribution in [0.2, 0.25) is 0 Å². The molecule has 1 fully saturated rings. The summed E-state index contributed by atoms with van der Waals surface area (Å²) < 4.78 is 11.0. The molecule has 0 aromatic heterocycles. The highest BCUT2D eigenvalue weighted by molar-refractivity contribution is 5.78. The van der Waals surface area contributed by atoms with E-state index in [4.69, 9.17) is 9.47 Å². The van der Waals surface area contributed by atoms with Crippen LogP contribution in [0.3, 0.4) is 0 Å². The lowest BCUT2D eigenvalue weighted by molar-refractivity contribution is -0.123. The van der Waals surface area contributed by atoms with Crippen LogP contribution in [0.25, 0.3) is 0 Å². The van der Waals surface area contributed by atoms with Crippen LogP contribution in [0, 0.1) is 0 Å². The normalized spacial score (nSPS) is 15.0. The minimum absolute atomic E-state index is 0.0214. The summed E-state index contributed by atoms with van der Waals surface area (Å²) in [4.78, 5) is 11.9. The van der Waals surface area contributed by atoms with E-state index in [0.717, 1.165) is 18.4 Å². The Morgan fingerprint density at radius 3 is 2.76 bits per heavy atom. The number of amides is 1. The smallest absolute Gasteiger partial charge is 0.258 e. The Labute approximate surface area is 126 Å². The Kier molecular flexibility index (Phi) is 5.87. The second-order valence-electron chi connectivity index (χ2n) is 5.32. The number of methoxy groups -OCH3 is 1. The lowest BCUT2D eigenvalue weighted by Crippen LogP contribution is -2.36. The zero-order valence-electron chi connectivity index (χ0n) is 12.8. The topological polar surface area (TPSA) is 59.6 Å². The zero-order chi connectivity index (χ0) is 15.1. The molecule has 21 heavy (non-hydrogen) atoms. The van der Waals surface area contributed by atoms with Crippen molar-refractivity contribution in [3.63, 3.8) is 0 Å². The molecule has 0 bridgehead atoms. The Morgan fingerprint density at radius 1 is 1.33 bits per heavy atom. The van der Waals surface area contributed by atoms with Crippen LogP contribution in [0.4, 0.5) is 0 Å². The summed E-state index contributed by atoms with van der Waals surface area (Å²) in [5, 5.41) is 6.10. The number of nitrogens with one attached hydrogen (secondary N) is 2. The fraction of sp³-hybridized carbons (Fsp3) is 0.562. The van der Waals surface area contributed by atoms with E-state index in [2.05, 4.69) is 10.6 Å². The van der Waals surface area contributed by atoms with Gasteiger partial charge in [0.1, 0.15) is 0 Å². The fourth-order valence-corrected chi connectivity index (χ4v) is 2.69. The molecule has 0 radical (unpaired) electrons. The molecule has 1 aliphatic rings. The summed E-state index contributed by atoms with van der Waals surface area (Å²) in [6.07, 6.45) is 4.55. The number of carbonyl (C=O) groups is 1. The molecule has 1 aromatic carbocycles. The van der Waals surface area contributed by atoms with Crippen LogP contribution in [0.1, 0.15) is 31.2 Å². The maximum atomic E-state index is 11.9. The van der Waals surface area contributed by atoms with Crippen LogP contribution in [0.15, 0.2) is 18.2 Å². The number of para-hydroxylation sites is 1. The second kappa shape index (κ2) is 7.88. The Balaban J connectivity index is 1.95. The van der Waals surface area contributed by atoms with Crippen molar-refractivity contribution in [1.29, 1.82) is 0 Å². The third-order valence-corrected chi connectivity index (χ3v) is 3.72. The van der Waals surface area contributed by atoms with Gasteiger partial charge in [-0.3, -0.25) is 4.79 Å². The molecule has 0 atom stereocenters. The Morgan fingerprint density at radius 2 is 2.10 bits per heavy atom. The number of hydrogen-bond acceptors (Lipinski definition) is 4. The summed E-state index contributed by atoms with van der Waals surface area (Å²) in [6.45, 7) is 0.685. The van der Waals surface area contributed by atoms with Crippen molar-refractivity contribution < 1.29 is 14.3 Å². The second-order valence-corrected chi connectivity index (χ2v) is 5.32. The number of ether oxygens (including phenoxy) is 2. The largest absolute Gasteiger partial charge is 0.493 e. The molecule has 1 saturated carbocycles. The maximum Gasteiger partial charge on any atom is 0.258 e. The van der Waals surface area contributed by atoms with Crippen LogP contribution in [0.5, 0.6) is 11.5 Å². The Hall–Kier alpha value is -1.75. The highest BCUT2D eigenvalue weighted by atomic mass is 16.5. The number of rotatable bonds is 7. The number of hydrogen-bond donors (Lipinski definition) is 2. The summed E-state index contributed by atoms with van der Waals surface area (Å²) in [6, 6.07) is 6.03. The van der Waals surface area contributed by atoms with Crippen molar-refractivity contribution >= 4 is 5.91 Å². The highest BCUT2D eigenvalue weighted by Gasteiger charge is 2.18. The number of carbonyl (C=O) groups excluding carboxylic acids is 1. The quantitative estimate of drug-likeness (QED) is 0.805. The maximum absolute atomic E-state index is 11.9. The zero-order valence-corrected chi connectivity index (χ0v) is 12.8. The standard InChI is InChI=1S/C16H24N2O3/c1-17-10-12-6-5-9-14(20-2)16(12)21-11-15(19)18-13-7-3-4-8-13/h5-6,9,13,17H,3-4,7-8,10-11H2,1-2H3,(H,18,19). The molecule has 5 heteroatoms. The number of benzene rings is 1. The first-order valence-electron chi connectivity index (χ1n) is 7.47. The monoisotopic (exact) mass is 292 g/mol. The van der Waals surface area contributed by atoms with Gasteiger partial charge < -0.3 is 20.1 Å².